The van der Waals surface area contributed by atoms with E-state index in [1.807, 2.05) is 7.05 Å². The van der Waals surface area contributed by atoms with E-state index in [0.29, 0.717) is 16.9 Å². The molecule has 19 heavy (non-hydrogen) atoms. The second kappa shape index (κ2) is 6.36. The van der Waals surface area contributed by atoms with Crippen molar-refractivity contribution in [3.63, 3.8) is 0 Å². The molecule has 0 saturated heterocycles. The summed E-state index contributed by atoms with van der Waals surface area (Å²) < 4.78 is 15.6. The van der Waals surface area contributed by atoms with E-state index in [-0.39, 0.29) is 12.4 Å². The Kier molecular flexibility index (Phi) is 4.55. The highest BCUT2D eigenvalue weighted by Gasteiger charge is 2.06. The van der Waals surface area contributed by atoms with Gasteiger partial charge in [-0.1, -0.05) is 29.7 Å². The molecule has 0 aliphatic rings. The molecule has 4 nitrogen and oxygen atoms in total. The fraction of sp³-hybridized carbons (Fsp3) is 0.231. The highest BCUT2D eigenvalue weighted by atomic mass is 32.2. The van der Waals surface area contributed by atoms with E-state index in [4.69, 9.17) is 5.11 Å². The minimum absolute atomic E-state index is 0.231. The predicted octanol–water partition coefficient (Wildman–Crippen LogP) is 1.59. The lowest BCUT2D eigenvalue weighted by Crippen LogP contribution is -1.93. The Morgan fingerprint density at radius 1 is 1.47 bits per heavy atom. The van der Waals surface area contributed by atoms with Crippen LogP contribution in [0.1, 0.15) is 11.1 Å². The van der Waals surface area contributed by atoms with Crippen molar-refractivity contribution in [2.24, 2.45) is 7.05 Å². The topological polar surface area (TPSA) is 50.9 Å². The molecular weight excluding hydrogens is 265 g/mol. The Bertz CT molecular complexity index is 630. The molecule has 1 N–H and O–H groups in total. The minimum atomic E-state index is -0.306. The van der Waals surface area contributed by atoms with E-state index in [0.717, 1.165) is 5.16 Å². The van der Waals surface area contributed by atoms with Gasteiger partial charge in [0.15, 0.2) is 5.16 Å². The van der Waals surface area contributed by atoms with Gasteiger partial charge in [0.25, 0.3) is 0 Å². The van der Waals surface area contributed by atoms with Crippen LogP contribution in [-0.4, -0.2) is 26.5 Å². The zero-order valence-corrected chi connectivity index (χ0v) is 11.1. The number of benzene rings is 1. The number of aliphatic hydroxyl groups excluding tert-OH is 1. The van der Waals surface area contributed by atoms with Crippen LogP contribution < -0.4 is 0 Å². The molecule has 0 atom stereocenters. The average Bonchev–Trinajstić information content (AvgIpc) is 2.81. The number of halogens is 1. The van der Waals surface area contributed by atoms with Gasteiger partial charge in [-0.15, -0.1) is 10.2 Å². The molecule has 6 heteroatoms. The molecule has 2 aromatic rings. The monoisotopic (exact) mass is 277 g/mol. The van der Waals surface area contributed by atoms with Gasteiger partial charge in [-0.05, 0) is 17.7 Å². The molecule has 1 heterocycles. The number of hydrogen-bond acceptors (Lipinski definition) is 4. The first-order valence-corrected chi connectivity index (χ1v) is 6.54. The first-order chi connectivity index (χ1) is 9.20. The van der Waals surface area contributed by atoms with E-state index in [2.05, 4.69) is 22.0 Å². The van der Waals surface area contributed by atoms with Crippen molar-refractivity contribution in [2.75, 3.05) is 6.61 Å². The van der Waals surface area contributed by atoms with Crippen molar-refractivity contribution in [3.8, 4) is 11.8 Å². The lowest BCUT2D eigenvalue weighted by molar-refractivity contribution is 0.350. The molecule has 0 unspecified atom stereocenters. The summed E-state index contributed by atoms with van der Waals surface area (Å²) in [5.41, 5.74) is 1.14. The Balaban J connectivity index is 2.07. The number of nitrogens with zero attached hydrogens (tertiary/aromatic N) is 3. The van der Waals surface area contributed by atoms with Gasteiger partial charge in [-0.2, -0.15) is 0 Å². The van der Waals surface area contributed by atoms with Gasteiger partial charge in [0.1, 0.15) is 18.8 Å². The first-order valence-electron chi connectivity index (χ1n) is 5.55. The van der Waals surface area contributed by atoms with E-state index < -0.39 is 0 Å². The highest BCUT2D eigenvalue weighted by molar-refractivity contribution is 7.98. The Hall–Kier alpha value is -1.84. The second-order valence-electron chi connectivity index (χ2n) is 3.78. The Morgan fingerprint density at radius 3 is 2.95 bits per heavy atom. The van der Waals surface area contributed by atoms with E-state index in [1.165, 1.54) is 17.8 Å². The molecule has 0 bridgehead atoms. The zero-order chi connectivity index (χ0) is 13.7. The lowest BCUT2D eigenvalue weighted by Gasteiger charge is -2.03. The number of hydrogen-bond donors (Lipinski definition) is 1. The molecule has 0 aliphatic heterocycles. The minimum Gasteiger partial charge on any atom is -0.384 e. The van der Waals surface area contributed by atoms with Crippen LogP contribution in [0.3, 0.4) is 0 Å². The summed E-state index contributed by atoms with van der Waals surface area (Å²) in [7, 11) is 1.84. The highest BCUT2D eigenvalue weighted by Crippen LogP contribution is 2.22. The number of aliphatic hydroxyl groups is 1. The van der Waals surface area contributed by atoms with Crippen LogP contribution >= 0.6 is 11.8 Å². The smallest absolute Gasteiger partial charge is 0.191 e. The normalized spacial score (nSPS) is 10.1. The standard InChI is InChI=1S/C13H12FN3OS/c1-17-9-15-16-13(17)19-8-11-5-4-10(3-2-6-18)7-12(11)14/h4-5,7,9,18H,6,8H2,1H3. The zero-order valence-electron chi connectivity index (χ0n) is 10.3. The summed E-state index contributed by atoms with van der Waals surface area (Å²) in [4.78, 5) is 0. The fourth-order valence-electron chi connectivity index (χ4n) is 1.43. The van der Waals surface area contributed by atoms with Gasteiger partial charge in [-0.25, -0.2) is 4.39 Å². The van der Waals surface area contributed by atoms with Crippen molar-refractivity contribution >= 4 is 11.8 Å². The third-order valence-corrected chi connectivity index (χ3v) is 3.47. The molecule has 0 fully saturated rings. The number of rotatable bonds is 3. The first kappa shape index (κ1) is 13.6. The Labute approximate surface area is 114 Å². The molecule has 1 aromatic carbocycles. The van der Waals surface area contributed by atoms with Gasteiger partial charge in [0, 0.05) is 18.4 Å². The third kappa shape index (κ3) is 3.56. The van der Waals surface area contributed by atoms with Gasteiger partial charge in [-0.3, -0.25) is 0 Å². The third-order valence-electron chi connectivity index (χ3n) is 2.39. The summed E-state index contributed by atoms with van der Waals surface area (Å²) in [5, 5.41) is 17.0. The maximum atomic E-state index is 13.8. The largest absolute Gasteiger partial charge is 0.384 e. The maximum Gasteiger partial charge on any atom is 0.191 e. The van der Waals surface area contributed by atoms with Crippen molar-refractivity contribution in [3.05, 3.63) is 41.5 Å². The summed E-state index contributed by atoms with van der Waals surface area (Å²) in [6.07, 6.45) is 1.60. The maximum absolute atomic E-state index is 13.8. The molecule has 0 aliphatic carbocycles. The van der Waals surface area contributed by atoms with Crippen molar-refractivity contribution in [1.29, 1.82) is 0 Å². The van der Waals surface area contributed by atoms with Crippen LogP contribution in [0.2, 0.25) is 0 Å². The summed E-state index contributed by atoms with van der Waals surface area (Å²) in [6.45, 7) is -0.231. The number of aromatic nitrogens is 3. The molecule has 2 rings (SSSR count). The van der Waals surface area contributed by atoms with Gasteiger partial charge < -0.3 is 9.67 Å². The molecule has 0 spiro atoms. The van der Waals surface area contributed by atoms with Crippen molar-refractivity contribution in [1.82, 2.24) is 14.8 Å². The van der Waals surface area contributed by atoms with E-state index in [1.54, 1.807) is 23.0 Å². The quantitative estimate of drug-likeness (QED) is 0.684. The molecule has 98 valence electrons. The second-order valence-corrected chi connectivity index (χ2v) is 4.72. The Morgan fingerprint density at radius 2 is 2.32 bits per heavy atom. The van der Waals surface area contributed by atoms with Crippen molar-refractivity contribution in [2.45, 2.75) is 10.9 Å². The van der Waals surface area contributed by atoms with Crippen LogP contribution in [0.5, 0.6) is 0 Å². The van der Waals surface area contributed by atoms with Gasteiger partial charge in [0.05, 0.1) is 0 Å². The van der Waals surface area contributed by atoms with Crippen LogP contribution in [0, 0.1) is 17.7 Å². The number of aryl methyl sites for hydroxylation is 1. The molecular formula is C13H12FN3OS. The summed E-state index contributed by atoms with van der Waals surface area (Å²) in [6, 6.07) is 4.80. The van der Waals surface area contributed by atoms with Gasteiger partial charge >= 0.3 is 0 Å². The van der Waals surface area contributed by atoms with Crippen LogP contribution in [0.15, 0.2) is 29.7 Å². The lowest BCUT2D eigenvalue weighted by atomic mass is 10.1. The molecule has 1 aromatic heterocycles. The van der Waals surface area contributed by atoms with Crippen molar-refractivity contribution < 1.29 is 9.50 Å². The number of thioether (sulfide) groups is 1. The van der Waals surface area contributed by atoms with Crippen LogP contribution in [0.25, 0.3) is 0 Å². The van der Waals surface area contributed by atoms with Gasteiger partial charge in [0.2, 0.25) is 0 Å². The molecule has 0 saturated carbocycles. The van der Waals surface area contributed by atoms with E-state index in [9.17, 15) is 4.39 Å². The summed E-state index contributed by atoms with van der Waals surface area (Å²) in [5.74, 6) is 5.33. The van der Waals surface area contributed by atoms with E-state index >= 15 is 0 Å². The molecule has 0 radical (unpaired) electrons. The van der Waals surface area contributed by atoms with Crippen LogP contribution in [-0.2, 0) is 12.8 Å². The predicted molar refractivity (Wildman–Crippen MR) is 70.9 cm³/mol. The fourth-order valence-corrected chi connectivity index (χ4v) is 2.30. The molecule has 0 amide bonds. The average molecular weight is 277 g/mol. The summed E-state index contributed by atoms with van der Waals surface area (Å²) >= 11 is 1.42. The van der Waals surface area contributed by atoms with Crippen LogP contribution in [0.4, 0.5) is 4.39 Å². The SMILES string of the molecule is Cn1cnnc1SCc1ccc(C#CCO)cc1F.